The Kier molecular flexibility index (Phi) is 8.06. The van der Waals surface area contributed by atoms with Crippen LogP contribution in [0.15, 0.2) is 33.6 Å². The van der Waals surface area contributed by atoms with Crippen LogP contribution in [0.3, 0.4) is 0 Å². The van der Waals surface area contributed by atoms with Gasteiger partial charge in [-0.3, -0.25) is 4.79 Å². The van der Waals surface area contributed by atoms with Crippen LogP contribution in [-0.4, -0.2) is 38.9 Å². The minimum Gasteiger partial charge on any atom is -0.343 e. The molecular formula is C15H23BrN2O3S. The van der Waals surface area contributed by atoms with Gasteiger partial charge in [0, 0.05) is 30.5 Å². The lowest BCUT2D eigenvalue weighted by Crippen LogP contribution is -2.35. The molecule has 0 aliphatic carbocycles. The third-order valence-electron chi connectivity index (χ3n) is 3.09. The lowest BCUT2D eigenvalue weighted by molar-refractivity contribution is -0.131. The quantitative estimate of drug-likeness (QED) is 0.704. The number of rotatable bonds is 9. The van der Waals surface area contributed by atoms with Crippen LogP contribution in [0.4, 0.5) is 0 Å². The lowest BCUT2D eigenvalue weighted by Gasteiger charge is -2.21. The van der Waals surface area contributed by atoms with E-state index in [1.54, 1.807) is 17.0 Å². The van der Waals surface area contributed by atoms with Crippen LogP contribution in [0.1, 0.15) is 33.1 Å². The van der Waals surface area contributed by atoms with Gasteiger partial charge in [0.25, 0.3) is 0 Å². The Morgan fingerprint density at radius 1 is 1.14 bits per heavy atom. The number of hydrogen-bond acceptors (Lipinski definition) is 3. The zero-order valence-electron chi connectivity index (χ0n) is 13.0. The van der Waals surface area contributed by atoms with Crippen molar-refractivity contribution < 1.29 is 13.2 Å². The molecule has 0 bridgehead atoms. The molecule has 1 rings (SSSR count). The molecule has 1 aromatic carbocycles. The summed E-state index contributed by atoms with van der Waals surface area (Å²) in [6, 6.07) is 6.39. The van der Waals surface area contributed by atoms with Crippen LogP contribution < -0.4 is 4.72 Å². The highest BCUT2D eigenvalue weighted by atomic mass is 79.9. The Bertz CT molecular complexity index is 567. The number of carbonyl (C=O) groups excluding carboxylic acids is 1. The van der Waals surface area contributed by atoms with E-state index < -0.39 is 10.0 Å². The summed E-state index contributed by atoms with van der Waals surface area (Å²) in [7, 11) is -3.56. The second kappa shape index (κ2) is 9.27. The summed E-state index contributed by atoms with van der Waals surface area (Å²) in [5.41, 5.74) is 0. The molecule has 0 unspecified atom stereocenters. The first-order valence-corrected chi connectivity index (χ1v) is 9.71. The van der Waals surface area contributed by atoms with Crippen molar-refractivity contribution in [2.45, 2.75) is 38.0 Å². The van der Waals surface area contributed by atoms with E-state index in [1.807, 2.05) is 13.8 Å². The molecule has 0 aromatic heterocycles. The molecule has 0 aliphatic rings. The van der Waals surface area contributed by atoms with Gasteiger partial charge in [0.1, 0.15) is 0 Å². The van der Waals surface area contributed by atoms with E-state index in [0.717, 1.165) is 17.3 Å². The molecule has 0 saturated carbocycles. The van der Waals surface area contributed by atoms with E-state index in [9.17, 15) is 13.2 Å². The molecule has 0 atom stereocenters. The van der Waals surface area contributed by atoms with Gasteiger partial charge in [0.15, 0.2) is 0 Å². The molecule has 124 valence electrons. The molecule has 7 heteroatoms. The summed E-state index contributed by atoms with van der Waals surface area (Å²) in [6.45, 7) is 5.58. The van der Waals surface area contributed by atoms with E-state index >= 15 is 0 Å². The SMILES string of the molecule is CCCN(CCC)C(=O)CCNS(=O)(=O)c1ccc(Br)cc1. The second-order valence-electron chi connectivity index (χ2n) is 4.98. The predicted octanol–water partition coefficient (Wildman–Crippen LogP) is 2.77. The number of hydrogen-bond donors (Lipinski definition) is 1. The van der Waals surface area contributed by atoms with Crippen molar-refractivity contribution in [3.05, 3.63) is 28.7 Å². The van der Waals surface area contributed by atoms with E-state index in [0.29, 0.717) is 13.1 Å². The van der Waals surface area contributed by atoms with Crippen molar-refractivity contribution in [1.29, 1.82) is 0 Å². The van der Waals surface area contributed by atoms with Crippen LogP contribution in [0, 0.1) is 0 Å². The fourth-order valence-electron chi connectivity index (χ4n) is 2.05. The average Bonchev–Trinajstić information content (AvgIpc) is 2.47. The van der Waals surface area contributed by atoms with Gasteiger partial charge in [0.05, 0.1) is 4.90 Å². The van der Waals surface area contributed by atoms with E-state index in [1.165, 1.54) is 12.1 Å². The topological polar surface area (TPSA) is 66.5 Å². The predicted molar refractivity (Wildman–Crippen MR) is 91.1 cm³/mol. The van der Waals surface area contributed by atoms with Crippen molar-refractivity contribution in [3.8, 4) is 0 Å². The standard InChI is InChI=1S/C15H23BrN2O3S/c1-3-11-18(12-4-2)15(19)9-10-17-22(20,21)14-7-5-13(16)6-8-14/h5-8,17H,3-4,9-12H2,1-2H3. The summed E-state index contributed by atoms with van der Waals surface area (Å²) in [5.74, 6) is -0.0118. The average molecular weight is 391 g/mol. The van der Waals surface area contributed by atoms with Gasteiger partial charge in [-0.15, -0.1) is 0 Å². The van der Waals surface area contributed by atoms with Gasteiger partial charge < -0.3 is 4.90 Å². The van der Waals surface area contributed by atoms with Crippen molar-refractivity contribution >= 4 is 31.9 Å². The number of benzene rings is 1. The maximum absolute atomic E-state index is 12.1. The minimum absolute atomic E-state index is 0.0118. The van der Waals surface area contributed by atoms with Crippen molar-refractivity contribution in [2.24, 2.45) is 0 Å². The minimum atomic E-state index is -3.56. The van der Waals surface area contributed by atoms with Crippen LogP contribution >= 0.6 is 15.9 Å². The van der Waals surface area contributed by atoms with E-state index in [-0.39, 0.29) is 23.8 Å². The number of carbonyl (C=O) groups is 1. The highest BCUT2D eigenvalue weighted by Crippen LogP contribution is 2.14. The van der Waals surface area contributed by atoms with Crippen LogP contribution in [0.2, 0.25) is 0 Å². The Balaban J connectivity index is 2.54. The van der Waals surface area contributed by atoms with Gasteiger partial charge in [-0.2, -0.15) is 0 Å². The number of amides is 1. The number of halogens is 1. The van der Waals surface area contributed by atoms with E-state index in [4.69, 9.17) is 0 Å². The molecule has 1 N–H and O–H groups in total. The van der Waals surface area contributed by atoms with Gasteiger partial charge >= 0.3 is 0 Å². The Hall–Kier alpha value is -0.920. The fraction of sp³-hybridized carbons (Fsp3) is 0.533. The number of nitrogens with zero attached hydrogens (tertiary/aromatic N) is 1. The Morgan fingerprint density at radius 3 is 2.18 bits per heavy atom. The highest BCUT2D eigenvalue weighted by molar-refractivity contribution is 9.10. The molecule has 22 heavy (non-hydrogen) atoms. The number of nitrogens with one attached hydrogen (secondary N) is 1. The molecule has 1 amide bonds. The summed E-state index contributed by atoms with van der Waals surface area (Å²) in [4.78, 5) is 14.1. The van der Waals surface area contributed by atoms with Crippen LogP contribution in [-0.2, 0) is 14.8 Å². The smallest absolute Gasteiger partial charge is 0.240 e. The zero-order valence-corrected chi connectivity index (χ0v) is 15.4. The third kappa shape index (κ3) is 6.06. The highest BCUT2D eigenvalue weighted by Gasteiger charge is 2.16. The molecule has 0 spiro atoms. The maximum Gasteiger partial charge on any atom is 0.240 e. The molecule has 0 saturated heterocycles. The Labute approximate surface area is 141 Å². The number of sulfonamides is 1. The zero-order chi connectivity index (χ0) is 16.6. The maximum atomic E-state index is 12.1. The van der Waals surface area contributed by atoms with Gasteiger partial charge in [-0.1, -0.05) is 29.8 Å². The first-order chi connectivity index (χ1) is 10.4. The summed E-state index contributed by atoms with van der Waals surface area (Å²) >= 11 is 3.26. The molecule has 0 radical (unpaired) electrons. The van der Waals surface area contributed by atoms with Crippen LogP contribution in [0.5, 0.6) is 0 Å². The lowest BCUT2D eigenvalue weighted by atomic mass is 10.3. The largest absolute Gasteiger partial charge is 0.343 e. The second-order valence-corrected chi connectivity index (χ2v) is 7.67. The van der Waals surface area contributed by atoms with Crippen molar-refractivity contribution in [3.63, 3.8) is 0 Å². The fourth-order valence-corrected chi connectivity index (χ4v) is 3.34. The summed E-state index contributed by atoms with van der Waals surface area (Å²) in [5, 5.41) is 0. The molecule has 0 heterocycles. The first-order valence-electron chi connectivity index (χ1n) is 7.43. The monoisotopic (exact) mass is 390 g/mol. The van der Waals surface area contributed by atoms with Gasteiger partial charge in [-0.25, -0.2) is 13.1 Å². The molecule has 1 aromatic rings. The third-order valence-corrected chi connectivity index (χ3v) is 5.10. The molecule has 0 fully saturated rings. The van der Waals surface area contributed by atoms with Crippen molar-refractivity contribution in [1.82, 2.24) is 9.62 Å². The molecular weight excluding hydrogens is 368 g/mol. The normalized spacial score (nSPS) is 11.4. The molecule has 0 aliphatic heterocycles. The van der Waals surface area contributed by atoms with Crippen LogP contribution in [0.25, 0.3) is 0 Å². The summed E-state index contributed by atoms with van der Waals surface area (Å²) in [6.07, 6.45) is 1.97. The molecule has 5 nitrogen and oxygen atoms in total. The van der Waals surface area contributed by atoms with E-state index in [2.05, 4.69) is 20.7 Å². The summed E-state index contributed by atoms with van der Waals surface area (Å²) < 4.78 is 27.5. The first kappa shape index (κ1) is 19.1. The van der Waals surface area contributed by atoms with Gasteiger partial charge in [0.2, 0.25) is 15.9 Å². The Morgan fingerprint density at radius 2 is 1.68 bits per heavy atom. The van der Waals surface area contributed by atoms with Crippen molar-refractivity contribution in [2.75, 3.05) is 19.6 Å². The van der Waals surface area contributed by atoms with Gasteiger partial charge in [-0.05, 0) is 37.1 Å².